The van der Waals surface area contributed by atoms with Gasteiger partial charge in [-0.05, 0) is 73.1 Å². The van der Waals surface area contributed by atoms with Crippen LogP contribution in [0.5, 0.6) is 11.5 Å². The Balaban J connectivity index is 1.76. The number of carbonyl (C=O) groups excluding carboxylic acids is 1. The van der Waals surface area contributed by atoms with Crippen LogP contribution in [-0.2, 0) is 0 Å². The Morgan fingerprint density at radius 2 is 0.885 bits per heavy atom. The molecule has 0 spiro atoms. The molecular formula is C48H78O3S. The van der Waals surface area contributed by atoms with E-state index in [0.717, 1.165) is 42.1 Å². The Labute approximate surface area is 325 Å². The number of hydrogen-bond acceptors (Lipinski definition) is 4. The minimum atomic E-state index is 0.0137. The van der Waals surface area contributed by atoms with Gasteiger partial charge in [-0.2, -0.15) is 0 Å². The Bertz CT molecular complexity index is 1090. The molecule has 294 valence electrons. The first-order valence-corrected chi connectivity index (χ1v) is 23.0. The molecule has 0 aromatic heterocycles. The Morgan fingerprint density at radius 3 is 1.27 bits per heavy atom. The van der Waals surface area contributed by atoms with Crippen LogP contribution < -0.4 is 9.47 Å². The summed E-state index contributed by atoms with van der Waals surface area (Å²) in [4.78, 5) is 14.2. The van der Waals surface area contributed by atoms with E-state index in [4.69, 9.17) is 9.47 Å². The molecule has 52 heavy (non-hydrogen) atoms. The van der Waals surface area contributed by atoms with Crippen molar-refractivity contribution in [2.45, 2.75) is 199 Å². The Hall–Kier alpha value is -2.20. The normalized spacial score (nSPS) is 11.4. The molecule has 0 radical (unpaired) electrons. The topological polar surface area (TPSA) is 35.5 Å². The molecule has 4 heteroatoms. The fourth-order valence-electron chi connectivity index (χ4n) is 6.68. The van der Waals surface area contributed by atoms with E-state index in [2.05, 4.69) is 32.9 Å². The molecule has 2 rings (SSSR count). The van der Waals surface area contributed by atoms with Crippen molar-refractivity contribution in [3.63, 3.8) is 0 Å². The quantitative estimate of drug-likeness (QED) is 0.0302. The molecule has 0 heterocycles. The zero-order valence-electron chi connectivity index (χ0n) is 34.0. The first-order chi connectivity index (χ1) is 25.7. The van der Waals surface area contributed by atoms with Gasteiger partial charge in [0.05, 0.1) is 13.2 Å². The standard InChI is InChI=1S/C48H78O3S/c1-4-7-9-11-13-15-17-19-21-23-25-27-29-37-50-45-40-43(31-36-48(49)44-32-34-47(35-33-44)52-39-6-3)41-46(42-45)51-38-30-28-26-24-22-20-18-16-14-12-10-8-5-2/h31-36,40-42H,4-30,37-39H2,1-3H3/b36-31+. The molecule has 0 atom stereocenters. The van der Waals surface area contributed by atoms with Gasteiger partial charge in [0.25, 0.3) is 0 Å². The molecule has 0 aliphatic rings. The lowest BCUT2D eigenvalue weighted by molar-refractivity contribution is 0.104. The van der Waals surface area contributed by atoms with Crippen LogP contribution in [0.2, 0.25) is 0 Å². The van der Waals surface area contributed by atoms with Crippen molar-refractivity contribution in [1.29, 1.82) is 0 Å². The van der Waals surface area contributed by atoms with E-state index in [1.165, 1.54) is 159 Å². The van der Waals surface area contributed by atoms with Crippen molar-refractivity contribution < 1.29 is 14.3 Å². The number of benzene rings is 2. The first kappa shape index (κ1) is 46.0. The van der Waals surface area contributed by atoms with Gasteiger partial charge < -0.3 is 9.47 Å². The summed E-state index contributed by atoms with van der Waals surface area (Å²) in [7, 11) is 0. The number of carbonyl (C=O) groups is 1. The highest BCUT2D eigenvalue weighted by Gasteiger charge is 2.06. The van der Waals surface area contributed by atoms with E-state index in [1.54, 1.807) is 6.08 Å². The molecule has 0 saturated carbocycles. The second-order valence-corrected chi connectivity index (χ2v) is 16.2. The van der Waals surface area contributed by atoms with E-state index in [0.29, 0.717) is 18.8 Å². The number of ketones is 1. The summed E-state index contributed by atoms with van der Waals surface area (Å²) in [6, 6.07) is 14.1. The number of hydrogen-bond donors (Lipinski definition) is 0. The van der Waals surface area contributed by atoms with Gasteiger partial charge in [0.1, 0.15) is 11.5 Å². The predicted molar refractivity (Wildman–Crippen MR) is 230 cm³/mol. The second kappa shape index (κ2) is 33.4. The van der Waals surface area contributed by atoms with Crippen molar-refractivity contribution in [3.8, 4) is 11.5 Å². The molecule has 0 aliphatic heterocycles. The first-order valence-electron chi connectivity index (χ1n) is 22.0. The van der Waals surface area contributed by atoms with Gasteiger partial charge >= 0.3 is 0 Å². The van der Waals surface area contributed by atoms with E-state index < -0.39 is 0 Å². The molecule has 0 fully saturated rings. The van der Waals surface area contributed by atoms with Crippen LogP contribution in [0.25, 0.3) is 6.08 Å². The number of thioether (sulfide) groups is 1. The lowest BCUT2D eigenvalue weighted by Crippen LogP contribution is -2.01. The summed E-state index contributed by atoms with van der Waals surface area (Å²) in [5.74, 6) is 2.76. The maximum Gasteiger partial charge on any atom is 0.185 e. The number of unbranched alkanes of at least 4 members (excludes halogenated alkanes) is 24. The van der Waals surface area contributed by atoms with Crippen LogP contribution in [0, 0.1) is 0 Å². The highest BCUT2D eigenvalue weighted by atomic mass is 32.2. The van der Waals surface area contributed by atoms with Crippen molar-refractivity contribution in [3.05, 3.63) is 59.7 Å². The minimum absolute atomic E-state index is 0.0137. The molecule has 0 bridgehead atoms. The molecule has 0 aliphatic carbocycles. The highest BCUT2D eigenvalue weighted by Crippen LogP contribution is 2.26. The van der Waals surface area contributed by atoms with Gasteiger partial charge in [-0.15, -0.1) is 11.8 Å². The van der Waals surface area contributed by atoms with Crippen LogP contribution in [0.4, 0.5) is 0 Å². The molecule has 2 aromatic rings. The van der Waals surface area contributed by atoms with Crippen molar-refractivity contribution in [2.75, 3.05) is 19.0 Å². The fourth-order valence-corrected chi connectivity index (χ4v) is 7.45. The fraction of sp³-hybridized carbons (Fsp3) is 0.688. The van der Waals surface area contributed by atoms with E-state index in [-0.39, 0.29) is 5.78 Å². The van der Waals surface area contributed by atoms with Crippen LogP contribution in [0.15, 0.2) is 53.4 Å². The van der Waals surface area contributed by atoms with Crippen LogP contribution in [0.1, 0.15) is 210 Å². The third kappa shape index (κ3) is 24.9. The molecule has 0 unspecified atom stereocenters. The van der Waals surface area contributed by atoms with Crippen molar-refractivity contribution in [1.82, 2.24) is 0 Å². The summed E-state index contributed by atoms with van der Waals surface area (Å²) in [5, 5.41) is 0. The van der Waals surface area contributed by atoms with Crippen molar-refractivity contribution in [2.24, 2.45) is 0 Å². The van der Waals surface area contributed by atoms with Crippen LogP contribution >= 0.6 is 11.8 Å². The summed E-state index contributed by atoms with van der Waals surface area (Å²) < 4.78 is 12.5. The number of allylic oxidation sites excluding steroid dienone is 1. The Morgan fingerprint density at radius 1 is 0.500 bits per heavy atom. The molecule has 2 aromatic carbocycles. The van der Waals surface area contributed by atoms with Gasteiger partial charge in [-0.1, -0.05) is 181 Å². The minimum Gasteiger partial charge on any atom is -0.493 e. The Kier molecular flexibility index (Phi) is 29.5. The summed E-state index contributed by atoms with van der Waals surface area (Å²) in [5.41, 5.74) is 1.65. The average molecular weight is 735 g/mol. The molecule has 0 saturated heterocycles. The maximum absolute atomic E-state index is 13.0. The average Bonchev–Trinajstić information content (AvgIpc) is 3.16. The number of rotatable bonds is 36. The lowest BCUT2D eigenvalue weighted by atomic mass is 10.0. The van der Waals surface area contributed by atoms with E-state index in [1.807, 2.05) is 48.2 Å². The summed E-state index contributed by atoms with van der Waals surface area (Å²) >= 11 is 1.83. The smallest absolute Gasteiger partial charge is 0.185 e. The zero-order chi connectivity index (χ0) is 37.2. The lowest BCUT2D eigenvalue weighted by Gasteiger charge is -2.12. The summed E-state index contributed by atoms with van der Waals surface area (Å²) in [6.07, 6.45) is 39.6. The van der Waals surface area contributed by atoms with E-state index >= 15 is 0 Å². The largest absolute Gasteiger partial charge is 0.493 e. The van der Waals surface area contributed by atoms with Crippen LogP contribution in [-0.4, -0.2) is 24.7 Å². The third-order valence-corrected chi connectivity index (χ3v) is 11.2. The molecule has 0 amide bonds. The number of ether oxygens (including phenoxy) is 2. The van der Waals surface area contributed by atoms with Gasteiger partial charge in [0.15, 0.2) is 5.78 Å². The van der Waals surface area contributed by atoms with Gasteiger partial charge in [-0.3, -0.25) is 4.79 Å². The molecule has 0 N–H and O–H groups in total. The highest BCUT2D eigenvalue weighted by molar-refractivity contribution is 7.99. The second-order valence-electron chi connectivity index (χ2n) is 15.0. The molecular weight excluding hydrogens is 657 g/mol. The van der Waals surface area contributed by atoms with Gasteiger partial charge in [0.2, 0.25) is 0 Å². The summed E-state index contributed by atoms with van der Waals surface area (Å²) in [6.45, 7) is 8.19. The third-order valence-electron chi connectivity index (χ3n) is 9.97. The molecule has 3 nitrogen and oxygen atoms in total. The van der Waals surface area contributed by atoms with Crippen molar-refractivity contribution >= 4 is 23.6 Å². The predicted octanol–water partition coefficient (Wildman–Crippen LogP) is 16.0. The SMILES string of the molecule is CCCCCCCCCCCCCCCOc1cc(/C=C/C(=O)c2ccc(SCCC)cc2)cc(OCCCCCCCCCCCCCCC)c1. The van der Waals surface area contributed by atoms with Gasteiger partial charge in [-0.25, -0.2) is 0 Å². The maximum atomic E-state index is 13.0. The van der Waals surface area contributed by atoms with Gasteiger partial charge in [0, 0.05) is 16.5 Å². The zero-order valence-corrected chi connectivity index (χ0v) is 34.9. The monoisotopic (exact) mass is 735 g/mol. The van der Waals surface area contributed by atoms with E-state index in [9.17, 15) is 4.79 Å². The van der Waals surface area contributed by atoms with Crippen LogP contribution in [0.3, 0.4) is 0 Å².